The Morgan fingerprint density at radius 3 is 2.33 bits per heavy atom. The number of hydrogen-bond acceptors (Lipinski definition) is 3. The van der Waals surface area contributed by atoms with Crippen molar-refractivity contribution in [2.75, 3.05) is 20.8 Å². The Balaban J connectivity index is 1.93. The largest absolute Gasteiger partial charge is 0.495 e. The molecule has 1 heterocycles. The molecule has 0 aliphatic carbocycles. The first-order chi connectivity index (χ1) is 11.7. The molecular formula is C19H20BrNO3. The number of carbonyl (C=O) groups is 1. The van der Waals surface area contributed by atoms with Crippen molar-refractivity contribution in [3.8, 4) is 11.5 Å². The van der Waals surface area contributed by atoms with Crippen LogP contribution in [0.15, 0.2) is 46.9 Å². The van der Waals surface area contributed by atoms with Gasteiger partial charge in [0.25, 0.3) is 5.91 Å². The molecule has 1 saturated heterocycles. The van der Waals surface area contributed by atoms with Crippen LogP contribution in [0, 0.1) is 0 Å². The predicted molar refractivity (Wildman–Crippen MR) is 96.7 cm³/mol. The summed E-state index contributed by atoms with van der Waals surface area (Å²) in [5, 5.41) is 0. The van der Waals surface area contributed by atoms with Crippen LogP contribution in [0.2, 0.25) is 0 Å². The van der Waals surface area contributed by atoms with Crippen molar-refractivity contribution in [2.45, 2.75) is 18.9 Å². The summed E-state index contributed by atoms with van der Waals surface area (Å²) >= 11 is 3.44. The van der Waals surface area contributed by atoms with E-state index in [0.29, 0.717) is 21.5 Å². The minimum absolute atomic E-state index is 0.00505. The molecule has 0 spiro atoms. The van der Waals surface area contributed by atoms with E-state index in [1.165, 1.54) is 5.56 Å². The third-order valence-electron chi connectivity index (χ3n) is 4.39. The maximum absolute atomic E-state index is 13.1. The van der Waals surface area contributed by atoms with Crippen molar-refractivity contribution in [1.82, 2.24) is 4.90 Å². The van der Waals surface area contributed by atoms with Gasteiger partial charge in [0.05, 0.1) is 20.3 Å². The van der Waals surface area contributed by atoms with Crippen LogP contribution in [-0.2, 0) is 0 Å². The van der Waals surface area contributed by atoms with Crippen molar-refractivity contribution in [3.05, 3.63) is 58.1 Å². The van der Waals surface area contributed by atoms with Crippen LogP contribution in [0.3, 0.4) is 0 Å². The van der Waals surface area contributed by atoms with E-state index in [9.17, 15) is 4.79 Å². The fraction of sp³-hybridized carbons (Fsp3) is 0.316. The Labute approximate surface area is 150 Å². The van der Waals surface area contributed by atoms with Crippen LogP contribution in [0.4, 0.5) is 0 Å². The second-order valence-corrected chi connectivity index (χ2v) is 6.56. The maximum Gasteiger partial charge on any atom is 0.254 e. The molecule has 0 aromatic heterocycles. The average molecular weight is 390 g/mol. The Kier molecular flexibility index (Phi) is 5.09. The molecule has 2 aromatic carbocycles. The van der Waals surface area contributed by atoms with Crippen LogP contribution in [0.5, 0.6) is 11.5 Å². The second kappa shape index (κ2) is 7.26. The first kappa shape index (κ1) is 16.8. The van der Waals surface area contributed by atoms with Crippen LogP contribution in [0.1, 0.15) is 34.8 Å². The van der Waals surface area contributed by atoms with Gasteiger partial charge >= 0.3 is 0 Å². The third kappa shape index (κ3) is 3.13. The van der Waals surface area contributed by atoms with E-state index in [2.05, 4.69) is 28.1 Å². The van der Waals surface area contributed by atoms with Crippen molar-refractivity contribution in [3.63, 3.8) is 0 Å². The normalized spacial score (nSPS) is 17.0. The van der Waals surface area contributed by atoms with Gasteiger partial charge in [-0.2, -0.15) is 0 Å². The molecule has 0 bridgehead atoms. The Morgan fingerprint density at radius 1 is 1.12 bits per heavy atom. The van der Waals surface area contributed by atoms with Gasteiger partial charge in [-0.25, -0.2) is 0 Å². The topological polar surface area (TPSA) is 38.8 Å². The molecule has 1 fully saturated rings. The molecule has 126 valence electrons. The highest BCUT2D eigenvalue weighted by Crippen LogP contribution is 2.38. The lowest BCUT2D eigenvalue weighted by molar-refractivity contribution is 0.0735. The predicted octanol–water partition coefficient (Wildman–Crippen LogP) is 4.44. The molecule has 0 saturated carbocycles. The number of nitrogens with zero attached hydrogens (tertiary/aromatic N) is 1. The number of hydrogen-bond donors (Lipinski definition) is 0. The molecule has 0 N–H and O–H groups in total. The second-order valence-electron chi connectivity index (χ2n) is 5.76. The number of benzene rings is 2. The smallest absolute Gasteiger partial charge is 0.254 e. The third-order valence-corrected chi connectivity index (χ3v) is 5.17. The van der Waals surface area contributed by atoms with E-state index >= 15 is 0 Å². The lowest BCUT2D eigenvalue weighted by atomic mass is 10.0. The summed E-state index contributed by atoms with van der Waals surface area (Å²) in [5.41, 5.74) is 1.76. The highest BCUT2D eigenvalue weighted by Gasteiger charge is 2.31. The summed E-state index contributed by atoms with van der Waals surface area (Å²) in [5.74, 6) is 1.19. The molecule has 1 aliphatic heterocycles. The molecule has 4 nitrogen and oxygen atoms in total. The molecule has 24 heavy (non-hydrogen) atoms. The van der Waals surface area contributed by atoms with Gasteiger partial charge < -0.3 is 14.4 Å². The SMILES string of the molecule is COc1cc(C(=O)N2CCCC2c2ccccc2)cc(OC)c1Br. The zero-order valence-corrected chi connectivity index (χ0v) is 15.4. The molecular weight excluding hydrogens is 370 g/mol. The zero-order chi connectivity index (χ0) is 17.1. The van der Waals surface area contributed by atoms with Crippen LogP contribution in [-0.4, -0.2) is 31.6 Å². The summed E-state index contributed by atoms with van der Waals surface area (Å²) in [6, 6.07) is 13.8. The summed E-state index contributed by atoms with van der Waals surface area (Å²) in [4.78, 5) is 15.0. The fourth-order valence-electron chi connectivity index (χ4n) is 3.19. The highest BCUT2D eigenvalue weighted by atomic mass is 79.9. The van der Waals surface area contributed by atoms with E-state index in [1.54, 1.807) is 26.4 Å². The number of likely N-dealkylation sites (tertiary alicyclic amines) is 1. The fourth-order valence-corrected chi connectivity index (χ4v) is 3.74. The number of halogens is 1. The number of methoxy groups -OCH3 is 2. The molecule has 1 unspecified atom stereocenters. The molecule has 5 heteroatoms. The van der Waals surface area contributed by atoms with Gasteiger partial charge in [0.1, 0.15) is 16.0 Å². The van der Waals surface area contributed by atoms with Crippen LogP contribution >= 0.6 is 15.9 Å². The summed E-state index contributed by atoms with van der Waals surface area (Å²) < 4.78 is 11.4. The molecule has 1 amide bonds. The molecule has 1 aliphatic rings. The average Bonchev–Trinajstić information content (AvgIpc) is 3.11. The number of amides is 1. The summed E-state index contributed by atoms with van der Waals surface area (Å²) in [6.07, 6.45) is 2.00. The van der Waals surface area contributed by atoms with Crippen molar-refractivity contribution < 1.29 is 14.3 Å². The van der Waals surface area contributed by atoms with Gasteiger partial charge in [-0.05, 0) is 46.5 Å². The lowest BCUT2D eigenvalue weighted by Crippen LogP contribution is -2.30. The number of carbonyl (C=O) groups excluding carboxylic acids is 1. The van der Waals surface area contributed by atoms with Crippen LogP contribution < -0.4 is 9.47 Å². The van der Waals surface area contributed by atoms with E-state index in [-0.39, 0.29) is 11.9 Å². The number of ether oxygens (including phenoxy) is 2. The summed E-state index contributed by atoms with van der Waals surface area (Å²) in [7, 11) is 3.16. The van der Waals surface area contributed by atoms with Gasteiger partial charge in [0.2, 0.25) is 0 Å². The standard InChI is InChI=1S/C19H20BrNO3/c1-23-16-11-14(12-17(24-2)18(16)20)19(22)21-10-6-9-15(21)13-7-4-3-5-8-13/h3-5,7-8,11-12,15H,6,9-10H2,1-2H3. The quantitative estimate of drug-likeness (QED) is 0.775. The monoisotopic (exact) mass is 389 g/mol. The van der Waals surface area contributed by atoms with Gasteiger partial charge in [0, 0.05) is 12.1 Å². The van der Waals surface area contributed by atoms with E-state index in [4.69, 9.17) is 9.47 Å². The van der Waals surface area contributed by atoms with Crippen molar-refractivity contribution in [1.29, 1.82) is 0 Å². The Bertz CT molecular complexity index is 708. The van der Waals surface area contributed by atoms with E-state index < -0.39 is 0 Å². The molecule has 3 rings (SSSR count). The van der Waals surface area contributed by atoms with Gasteiger partial charge in [-0.15, -0.1) is 0 Å². The lowest BCUT2D eigenvalue weighted by Gasteiger charge is -2.25. The minimum Gasteiger partial charge on any atom is -0.495 e. The minimum atomic E-state index is 0.00505. The van der Waals surface area contributed by atoms with Gasteiger partial charge in [-0.1, -0.05) is 30.3 Å². The van der Waals surface area contributed by atoms with Crippen molar-refractivity contribution >= 4 is 21.8 Å². The van der Waals surface area contributed by atoms with Gasteiger partial charge in [-0.3, -0.25) is 4.79 Å². The Morgan fingerprint density at radius 2 is 1.75 bits per heavy atom. The van der Waals surface area contributed by atoms with E-state index in [0.717, 1.165) is 19.4 Å². The molecule has 2 aromatic rings. The zero-order valence-electron chi connectivity index (χ0n) is 13.8. The first-order valence-corrected chi connectivity index (χ1v) is 8.72. The number of rotatable bonds is 4. The van der Waals surface area contributed by atoms with Gasteiger partial charge in [0.15, 0.2) is 0 Å². The highest BCUT2D eigenvalue weighted by molar-refractivity contribution is 9.10. The van der Waals surface area contributed by atoms with E-state index in [1.807, 2.05) is 23.1 Å². The molecule has 0 radical (unpaired) electrons. The van der Waals surface area contributed by atoms with Crippen LogP contribution in [0.25, 0.3) is 0 Å². The van der Waals surface area contributed by atoms with Crippen molar-refractivity contribution in [2.24, 2.45) is 0 Å². The summed E-state index contributed by atoms with van der Waals surface area (Å²) in [6.45, 7) is 0.763. The Hall–Kier alpha value is -2.01. The maximum atomic E-state index is 13.1. The first-order valence-electron chi connectivity index (χ1n) is 7.93. The molecule has 1 atom stereocenters.